The third kappa shape index (κ3) is 2.95. The summed E-state index contributed by atoms with van der Waals surface area (Å²) < 4.78 is 0. The largest absolute Gasteiger partial charge is 0.347 e. The number of amides is 1. The molecule has 0 saturated carbocycles. The molecule has 1 amide bonds. The molecule has 6 heteroatoms. The van der Waals surface area contributed by atoms with Gasteiger partial charge in [-0.2, -0.15) is 0 Å². The van der Waals surface area contributed by atoms with E-state index in [2.05, 4.69) is 15.0 Å². The molecular formula is C12H16N4OS. The van der Waals surface area contributed by atoms with Gasteiger partial charge in [0, 0.05) is 24.3 Å². The Labute approximate surface area is 110 Å². The van der Waals surface area contributed by atoms with E-state index in [0.717, 1.165) is 21.4 Å². The summed E-state index contributed by atoms with van der Waals surface area (Å²) in [4.78, 5) is 26.3. The zero-order valence-electron chi connectivity index (χ0n) is 10.7. The Bertz CT molecular complexity index is 532. The lowest BCUT2D eigenvalue weighted by Gasteiger charge is -2.15. The van der Waals surface area contributed by atoms with Crippen LogP contribution in [0.15, 0.2) is 12.4 Å². The van der Waals surface area contributed by atoms with Gasteiger partial charge in [0.05, 0.1) is 23.7 Å². The second kappa shape index (κ2) is 5.30. The first-order valence-electron chi connectivity index (χ1n) is 5.71. The van der Waals surface area contributed by atoms with Crippen LogP contribution >= 0.6 is 11.3 Å². The number of imidazole rings is 1. The molecule has 0 fully saturated rings. The first kappa shape index (κ1) is 12.8. The van der Waals surface area contributed by atoms with Gasteiger partial charge in [-0.1, -0.05) is 0 Å². The minimum absolute atomic E-state index is 0.0554. The number of nitrogens with zero attached hydrogens (tertiary/aromatic N) is 3. The highest BCUT2D eigenvalue weighted by molar-refractivity contribution is 7.11. The smallest absolute Gasteiger partial charge is 0.228 e. The van der Waals surface area contributed by atoms with E-state index >= 15 is 0 Å². The van der Waals surface area contributed by atoms with Crippen molar-refractivity contribution in [2.75, 3.05) is 7.05 Å². The summed E-state index contributed by atoms with van der Waals surface area (Å²) >= 11 is 1.63. The maximum Gasteiger partial charge on any atom is 0.228 e. The number of carbonyl (C=O) groups is 1. The predicted molar refractivity (Wildman–Crippen MR) is 70.4 cm³/mol. The van der Waals surface area contributed by atoms with Gasteiger partial charge in [0.2, 0.25) is 5.91 Å². The highest BCUT2D eigenvalue weighted by Gasteiger charge is 2.14. The fraction of sp³-hybridized carbons (Fsp3) is 0.417. The zero-order valence-corrected chi connectivity index (χ0v) is 11.5. The number of aromatic amines is 1. The topological polar surface area (TPSA) is 61.9 Å². The molecule has 0 unspecified atom stereocenters. The van der Waals surface area contributed by atoms with E-state index in [9.17, 15) is 4.79 Å². The van der Waals surface area contributed by atoms with Gasteiger partial charge in [-0.3, -0.25) is 4.79 Å². The van der Waals surface area contributed by atoms with Crippen molar-refractivity contribution in [3.63, 3.8) is 0 Å². The van der Waals surface area contributed by atoms with Gasteiger partial charge in [0.15, 0.2) is 0 Å². The highest BCUT2D eigenvalue weighted by Crippen LogP contribution is 2.17. The Hall–Kier alpha value is -1.69. The first-order chi connectivity index (χ1) is 8.56. The van der Waals surface area contributed by atoms with E-state index in [0.29, 0.717) is 13.0 Å². The maximum absolute atomic E-state index is 12.0. The zero-order chi connectivity index (χ0) is 13.1. The first-order valence-corrected chi connectivity index (χ1v) is 6.53. The SMILES string of the molecule is Cc1nc(CC(=O)N(C)Cc2ncc[nH]2)c(C)s1. The van der Waals surface area contributed by atoms with E-state index < -0.39 is 0 Å². The number of hydrogen-bond donors (Lipinski definition) is 1. The van der Waals surface area contributed by atoms with Crippen LogP contribution in [0.25, 0.3) is 0 Å². The summed E-state index contributed by atoms with van der Waals surface area (Å²) in [7, 11) is 1.78. The monoisotopic (exact) mass is 264 g/mol. The summed E-state index contributed by atoms with van der Waals surface area (Å²) in [6.07, 6.45) is 3.79. The summed E-state index contributed by atoms with van der Waals surface area (Å²) in [6.45, 7) is 4.45. The molecule has 0 bridgehead atoms. The summed E-state index contributed by atoms with van der Waals surface area (Å²) in [5.74, 6) is 0.844. The van der Waals surface area contributed by atoms with Crippen LogP contribution in [0, 0.1) is 13.8 Å². The lowest BCUT2D eigenvalue weighted by Crippen LogP contribution is -2.28. The quantitative estimate of drug-likeness (QED) is 0.914. The average Bonchev–Trinajstić information content (AvgIpc) is 2.89. The van der Waals surface area contributed by atoms with E-state index in [1.165, 1.54) is 0 Å². The van der Waals surface area contributed by atoms with Crippen molar-refractivity contribution in [1.82, 2.24) is 19.9 Å². The Morgan fingerprint density at radius 2 is 2.28 bits per heavy atom. The molecule has 18 heavy (non-hydrogen) atoms. The number of aryl methyl sites for hydroxylation is 2. The Morgan fingerprint density at radius 3 is 2.83 bits per heavy atom. The Balaban J connectivity index is 1.97. The Morgan fingerprint density at radius 1 is 1.50 bits per heavy atom. The molecule has 0 atom stereocenters. The molecule has 2 rings (SSSR count). The molecule has 0 saturated heterocycles. The van der Waals surface area contributed by atoms with E-state index in [4.69, 9.17) is 0 Å². The molecule has 2 aromatic rings. The van der Waals surface area contributed by atoms with Crippen molar-refractivity contribution < 1.29 is 4.79 Å². The molecule has 2 heterocycles. The molecule has 0 spiro atoms. The average molecular weight is 264 g/mol. The molecule has 0 radical (unpaired) electrons. The summed E-state index contributed by atoms with van der Waals surface area (Å²) in [6, 6.07) is 0. The third-order valence-corrected chi connectivity index (χ3v) is 3.61. The maximum atomic E-state index is 12.0. The highest BCUT2D eigenvalue weighted by atomic mass is 32.1. The van der Waals surface area contributed by atoms with Gasteiger partial charge in [-0.05, 0) is 13.8 Å². The van der Waals surface area contributed by atoms with Crippen LogP contribution < -0.4 is 0 Å². The van der Waals surface area contributed by atoms with Crippen LogP contribution in [-0.4, -0.2) is 32.8 Å². The van der Waals surface area contributed by atoms with Crippen LogP contribution in [0.3, 0.4) is 0 Å². The van der Waals surface area contributed by atoms with Crippen LogP contribution in [0.2, 0.25) is 0 Å². The molecule has 5 nitrogen and oxygen atoms in total. The minimum atomic E-state index is 0.0554. The van der Waals surface area contributed by atoms with Gasteiger partial charge in [0.25, 0.3) is 0 Å². The number of likely N-dealkylation sites (N-methyl/N-ethyl adjacent to an activating group) is 1. The van der Waals surface area contributed by atoms with E-state index in [1.807, 2.05) is 13.8 Å². The molecular weight excluding hydrogens is 248 g/mol. The fourth-order valence-electron chi connectivity index (χ4n) is 1.71. The number of rotatable bonds is 4. The van der Waals surface area contributed by atoms with Gasteiger partial charge in [0.1, 0.15) is 5.82 Å². The normalized spacial score (nSPS) is 10.6. The van der Waals surface area contributed by atoms with Crippen LogP contribution in [0.4, 0.5) is 0 Å². The molecule has 96 valence electrons. The van der Waals surface area contributed by atoms with Crippen molar-refractivity contribution in [1.29, 1.82) is 0 Å². The van der Waals surface area contributed by atoms with Gasteiger partial charge < -0.3 is 9.88 Å². The second-order valence-corrected chi connectivity index (χ2v) is 5.61. The molecule has 0 aromatic carbocycles. The lowest BCUT2D eigenvalue weighted by molar-refractivity contribution is -0.129. The number of carbonyl (C=O) groups excluding carboxylic acids is 1. The fourth-order valence-corrected chi connectivity index (χ4v) is 2.55. The Kier molecular flexibility index (Phi) is 3.76. The van der Waals surface area contributed by atoms with E-state index in [-0.39, 0.29) is 5.91 Å². The van der Waals surface area contributed by atoms with Crippen molar-refractivity contribution in [2.24, 2.45) is 0 Å². The minimum Gasteiger partial charge on any atom is -0.347 e. The molecule has 2 aromatic heterocycles. The van der Waals surface area contributed by atoms with Crippen molar-refractivity contribution in [3.05, 3.63) is 33.8 Å². The number of aromatic nitrogens is 3. The number of hydrogen-bond acceptors (Lipinski definition) is 4. The molecule has 0 aliphatic carbocycles. The molecule has 0 aliphatic rings. The van der Waals surface area contributed by atoms with Gasteiger partial charge >= 0.3 is 0 Å². The van der Waals surface area contributed by atoms with Crippen LogP contribution in [0.1, 0.15) is 21.4 Å². The number of H-pyrrole nitrogens is 1. The van der Waals surface area contributed by atoms with Crippen molar-refractivity contribution in [3.8, 4) is 0 Å². The molecule has 1 N–H and O–H groups in total. The predicted octanol–water partition coefficient (Wildman–Crippen LogP) is 1.68. The van der Waals surface area contributed by atoms with Crippen LogP contribution in [-0.2, 0) is 17.8 Å². The summed E-state index contributed by atoms with van der Waals surface area (Å²) in [5.41, 5.74) is 0.883. The van der Waals surface area contributed by atoms with Gasteiger partial charge in [-0.25, -0.2) is 9.97 Å². The second-order valence-electron chi connectivity index (χ2n) is 4.20. The number of thiazole rings is 1. The van der Waals surface area contributed by atoms with Crippen LogP contribution in [0.5, 0.6) is 0 Å². The lowest BCUT2D eigenvalue weighted by atomic mass is 10.2. The van der Waals surface area contributed by atoms with Gasteiger partial charge in [-0.15, -0.1) is 11.3 Å². The third-order valence-electron chi connectivity index (χ3n) is 2.69. The van der Waals surface area contributed by atoms with Crippen molar-refractivity contribution >= 4 is 17.2 Å². The number of nitrogens with one attached hydrogen (secondary N) is 1. The molecule has 0 aliphatic heterocycles. The standard InChI is InChI=1S/C12H16N4OS/c1-8-10(15-9(2)18-8)6-12(17)16(3)7-11-13-4-5-14-11/h4-5H,6-7H2,1-3H3,(H,13,14). The van der Waals surface area contributed by atoms with E-state index in [1.54, 1.807) is 35.7 Å². The van der Waals surface area contributed by atoms with Crippen molar-refractivity contribution in [2.45, 2.75) is 26.8 Å². The summed E-state index contributed by atoms with van der Waals surface area (Å²) in [5, 5.41) is 1.00.